The Kier molecular flexibility index (Phi) is 4.97. The normalized spacial score (nSPS) is 22.5. The maximum absolute atomic E-state index is 12.5. The number of amides is 1. The van der Waals surface area contributed by atoms with Crippen LogP contribution >= 0.6 is 0 Å². The second kappa shape index (κ2) is 6.42. The van der Waals surface area contributed by atoms with Crippen LogP contribution in [0.15, 0.2) is 16.5 Å². The summed E-state index contributed by atoms with van der Waals surface area (Å²) in [5.74, 6) is 0.624. The second-order valence-electron chi connectivity index (χ2n) is 6.25. The lowest BCUT2D eigenvalue weighted by Crippen LogP contribution is -2.36. The first-order valence-corrected chi connectivity index (χ1v) is 9.49. The van der Waals surface area contributed by atoms with Crippen LogP contribution in [0.4, 0.5) is 0 Å². The number of nitrogens with zero attached hydrogens (tertiary/aromatic N) is 2. The number of likely N-dealkylation sites (tertiary alicyclic amines) is 1. The summed E-state index contributed by atoms with van der Waals surface area (Å²) in [7, 11) is 0.886. The number of hydrogen-bond donors (Lipinski definition) is 0. The van der Waals surface area contributed by atoms with Crippen molar-refractivity contribution in [3.63, 3.8) is 0 Å². The number of sulfone groups is 1. The lowest BCUT2D eigenvalue weighted by molar-refractivity contribution is 0.0747. The molecule has 0 aromatic carbocycles. The zero-order valence-corrected chi connectivity index (χ0v) is 14.4. The zero-order chi connectivity index (χ0) is 16.5. The Hall–Kier alpha value is -1.34. The molecule has 2 atom stereocenters. The van der Waals surface area contributed by atoms with Gasteiger partial charge in [0.1, 0.15) is 11.5 Å². The van der Waals surface area contributed by atoms with E-state index in [2.05, 4.69) is 11.8 Å². The van der Waals surface area contributed by atoms with Crippen LogP contribution in [0.1, 0.15) is 29.7 Å². The van der Waals surface area contributed by atoms with E-state index in [0.29, 0.717) is 30.8 Å². The van der Waals surface area contributed by atoms with Gasteiger partial charge in [-0.15, -0.1) is 0 Å². The highest BCUT2D eigenvalue weighted by Crippen LogP contribution is 2.25. The number of rotatable bonds is 5. The van der Waals surface area contributed by atoms with E-state index in [-0.39, 0.29) is 17.4 Å². The first kappa shape index (κ1) is 17.0. The monoisotopic (exact) mass is 328 g/mol. The Labute approximate surface area is 132 Å². The number of hydrogen-bond acceptors (Lipinski definition) is 5. The molecule has 0 N–H and O–H groups in total. The molecule has 124 valence electrons. The van der Waals surface area contributed by atoms with E-state index in [1.54, 1.807) is 17.0 Å². The topological polar surface area (TPSA) is 70.8 Å². The Morgan fingerprint density at radius 2 is 2.05 bits per heavy atom. The average molecular weight is 328 g/mol. The molecule has 1 saturated heterocycles. The molecule has 0 unspecified atom stereocenters. The summed E-state index contributed by atoms with van der Waals surface area (Å²) in [6.07, 6.45) is 2.16. The lowest BCUT2D eigenvalue weighted by atomic mass is 10.0. The van der Waals surface area contributed by atoms with Gasteiger partial charge in [-0.05, 0) is 32.1 Å². The second-order valence-corrected chi connectivity index (χ2v) is 8.39. The molecule has 0 spiro atoms. The minimum atomic E-state index is -3.17. The maximum Gasteiger partial charge on any atom is 0.289 e. The van der Waals surface area contributed by atoms with E-state index in [4.69, 9.17) is 4.42 Å². The zero-order valence-electron chi connectivity index (χ0n) is 13.6. The van der Waals surface area contributed by atoms with Crippen LogP contribution < -0.4 is 0 Å². The summed E-state index contributed by atoms with van der Waals surface area (Å²) in [6.45, 7) is 3.51. The molecule has 0 radical (unpaired) electrons. The van der Waals surface area contributed by atoms with Gasteiger partial charge in [0.05, 0.1) is 0 Å². The number of furan rings is 1. The SMILES string of the molecule is CC[C@H]1CN(C(=O)c2ccc(CS(C)(=O)=O)o2)C[C@@H]1N(C)C. The third-order valence-electron chi connectivity index (χ3n) is 4.16. The summed E-state index contributed by atoms with van der Waals surface area (Å²) in [5.41, 5.74) is 0. The van der Waals surface area contributed by atoms with E-state index < -0.39 is 9.84 Å². The molecular weight excluding hydrogens is 304 g/mol. The van der Waals surface area contributed by atoms with E-state index in [1.165, 1.54) is 0 Å². The van der Waals surface area contributed by atoms with E-state index in [9.17, 15) is 13.2 Å². The largest absolute Gasteiger partial charge is 0.455 e. The number of carbonyl (C=O) groups excluding carboxylic acids is 1. The third kappa shape index (κ3) is 3.89. The third-order valence-corrected chi connectivity index (χ3v) is 4.97. The van der Waals surface area contributed by atoms with Crippen molar-refractivity contribution in [3.8, 4) is 0 Å². The van der Waals surface area contributed by atoms with Crippen molar-refractivity contribution in [1.29, 1.82) is 0 Å². The standard InChI is InChI=1S/C15H24N2O4S/c1-5-11-8-17(9-13(11)16(2)3)15(18)14-7-6-12(21-14)10-22(4,19)20/h6-7,11,13H,5,8-10H2,1-4H3/t11-,13-/m0/s1. The minimum absolute atomic E-state index is 0.164. The Morgan fingerprint density at radius 3 is 2.55 bits per heavy atom. The van der Waals surface area contributed by atoms with Crippen LogP contribution in [0.5, 0.6) is 0 Å². The molecule has 2 rings (SSSR count). The Balaban J connectivity index is 2.09. The number of carbonyl (C=O) groups is 1. The molecule has 7 heteroatoms. The van der Waals surface area contributed by atoms with Crippen molar-refractivity contribution in [2.24, 2.45) is 5.92 Å². The van der Waals surface area contributed by atoms with Crippen molar-refractivity contribution in [2.75, 3.05) is 33.4 Å². The van der Waals surface area contributed by atoms with Gasteiger partial charge in [0.25, 0.3) is 5.91 Å². The Morgan fingerprint density at radius 1 is 1.36 bits per heavy atom. The molecule has 6 nitrogen and oxygen atoms in total. The van der Waals surface area contributed by atoms with Crippen LogP contribution in [-0.2, 0) is 15.6 Å². The fourth-order valence-electron chi connectivity index (χ4n) is 2.99. The molecule has 1 amide bonds. The van der Waals surface area contributed by atoms with Crippen molar-refractivity contribution < 1.29 is 17.6 Å². The molecule has 1 aromatic rings. The van der Waals surface area contributed by atoms with Gasteiger partial charge in [-0.1, -0.05) is 13.3 Å². The first-order valence-electron chi connectivity index (χ1n) is 7.43. The molecule has 1 aliphatic heterocycles. The van der Waals surface area contributed by atoms with E-state index >= 15 is 0 Å². The highest BCUT2D eigenvalue weighted by Gasteiger charge is 2.36. The molecule has 0 aliphatic carbocycles. The quantitative estimate of drug-likeness (QED) is 0.813. The summed E-state index contributed by atoms with van der Waals surface area (Å²) in [5, 5.41) is 0. The summed E-state index contributed by atoms with van der Waals surface area (Å²) < 4.78 is 28.0. The van der Waals surface area contributed by atoms with E-state index in [1.807, 2.05) is 14.1 Å². The minimum Gasteiger partial charge on any atom is -0.455 e. The van der Waals surface area contributed by atoms with Gasteiger partial charge in [-0.2, -0.15) is 0 Å². The van der Waals surface area contributed by atoms with Crippen molar-refractivity contribution in [3.05, 3.63) is 23.7 Å². The molecule has 2 heterocycles. The van der Waals surface area contributed by atoms with Crippen LogP contribution in [0.25, 0.3) is 0 Å². The fourth-order valence-corrected chi connectivity index (χ4v) is 3.66. The molecule has 22 heavy (non-hydrogen) atoms. The predicted octanol–water partition coefficient (Wildman–Crippen LogP) is 1.24. The average Bonchev–Trinajstić information content (AvgIpc) is 3.02. The summed E-state index contributed by atoms with van der Waals surface area (Å²) in [4.78, 5) is 16.5. The van der Waals surface area contributed by atoms with Gasteiger partial charge in [0.15, 0.2) is 15.6 Å². The first-order chi connectivity index (χ1) is 10.2. The molecule has 1 fully saturated rings. The van der Waals surface area contributed by atoms with Gasteiger partial charge in [0.2, 0.25) is 0 Å². The molecule has 1 aliphatic rings. The molecule has 0 bridgehead atoms. The highest BCUT2D eigenvalue weighted by atomic mass is 32.2. The van der Waals surface area contributed by atoms with Gasteiger partial charge in [0, 0.05) is 25.4 Å². The van der Waals surface area contributed by atoms with Gasteiger partial charge >= 0.3 is 0 Å². The van der Waals surface area contributed by atoms with Crippen LogP contribution in [0.2, 0.25) is 0 Å². The molecule has 1 aromatic heterocycles. The highest BCUT2D eigenvalue weighted by molar-refractivity contribution is 7.89. The van der Waals surface area contributed by atoms with Crippen LogP contribution in [0, 0.1) is 5.92 Å². The van der Waals surface area contributed by atoms with Crippen molar-refractivity contribution in [1.82, 2.24) is 9.80 Å². The van der Waals surface area contributed by atoms with Crippen molar-refractivity contribution in [2.45, 2.75) is 25.1 Å². The maximum atomic E-state index is 12.5. The van der Waals surface area contributed by atoms with Gasteiger partial charge < -0.3 is 14.2 Å². The van der Waals surface area contributed by atoms with Crippen molar-refractivity contribution >= 4 is 15.7 Å². The molecular formula is C15H24N2O4S. The smallest absolute Gasteiger partial charge is 0.289 e. The van der Waals surface area contributed by atoms with Crippen LogP contribution in [0.3, 0.4) is 0 Å². The lowest BCUT2D eigenvalue weighted by Gasteiger charge is -2.23. The van der Waals surface area contributed by atoms with E-state index in [0.717, 1.165) is 12.7 Å². The van der Waals surface area contributed by atoms with Gasteiger partial charge in [-0.25, -0.2) is 8.42 Å². The summed E-state index contributed by atoms with van der Waals surface area (Å²) in [6, 6.07) is 3.47. The predicted molar refractivity (Wildman–Crippen MR) is 84.4 cm³/mol. The van der Waals surface area contributed by atoms with Gasteiger partial charge in [-0.3, -0.25) is 4.79 Å². The fraction of sp³-hybridized carbons (Fsp3) is 0.667. The summed E-state index contributed by atoms with van der Waals surface area (Å²) >= 11 is 0. The Bertz CT molecular complexity index is 636. The van der Waals surface area contributed by atoms with Crippen LogP contribution in [-0.4, -0.2) is 63.6 Å². The molecule has 0 saturated carbocycles. The number of likely N-dealkylation sites (N-methyl/N-ethyl adjacent to an activating group) is 1.